The maximum absolute atomic E-state index is 14.0. The summed E-state index contributed by atoms with van der Waals surface area (Å²) >= 11 is 0. The zero-order valence-electron chi connectivity index (χ0n) is 14.5. The number of benzene rings is 1. The molecule has 1 atom stereocenters. The van der Waals surface area contributed by atoms with Crippen molar-refractivity contribution in [3.8, 4) is 5.75 Å². The van der Waals surface area contributed by atoms with Crippen LogP contribution >= 0.6 is 0 Å². The zero-order chi connectivity index (χ0) is 18.0. The van der Waals surface area contributed by atoms with Crippen molar-refractivity contribution in [1.29, 1.82) is 0 Å². The summed E-state index contributed by atoms with van der Waals surface area (Å²) in [6.45, 7) is 1.25. The fraction of sp³-hybridized carbons (Fsp3) is 0.579. The SMILES string of the molecule is COc1ccc(C2CCCN(C(=O)CC3(CC(=O)O)CC3)C2)cc1F. The number of aliphatic carboxylic acids is 1. The number of carboxylic acid groups (broad SMARTS) is 1. The number of ether oxygens (including phenoxy) is 1. The van der Waals surface area contributed by atoms with Gasteiger partial charge in [0.05, 0.1) is 13.5 Å². The third-order valence-electron chi connectivity index (χ3n) is 5.43. The molecule has 2 aliphatic rings. The average Bonchev–Trinajstić information content (AvgIpc) is 3.33. The van der Waals surface area contributed by atoms with Crippen molar-refractivity contribution in [3.05, 3.63) is 29.6 Å². The van der Waals surface area contributed by atoms with E-state index in [1.54, 1.807) is 6.07 Å². The second kappa shape index (κ2) is 7.02. The summed E-state index contributed by atoms with van der Waals surface area (Å²) in [4.78, 5) is 25.4. The molecule has 1 heterocycles. The maximum atomic E-state index is 14.0. The lowest BCUT2D eigenvalue weighted by atomic mass is 9.89. The number of carboxylic acids is 1. The highest BCUT2D eigenvalue weighted by Crippen LogP contribution is 2.52. The summed E-state index contributed by atoms with van der Waals surface area (Å²) < 4.78 is 18.9. The lowest BCUT2D eigenvalue weighted by Gasteiger charge is -2.34. The van der Waals surface area contributed by atoms with Gasteiger partial charge in [0.25, 0.3) is 0 Å². The minimum absolute atomic E-state index is 0.0254. The van der Waals surface area contributed by atoms with Crippen LogP contribution in [-0.2, 0) is 9.59 Å². The Labute approximate surface area is 146 Å². The molecule has 1 aromatic carbocycles. The first kappa shape index (κ1) is 17.7. The number of piperidine rings is 1. The minimum Gasteiger partial charge on any atom is -0.494 e. The van der Waals surface area contributed by atoms with Crippen molar-refractivity contribution in [2.24, 2.45) is 5.41 Å². The van der Waals surface area contributed by atoms with Crippen LogP contribution < -0.4 is 4.74 Å². The van der Waals surface area contributed by atoms with Gasteiger partial charge >= 0.3 is 5.97 Å². The molecule has 25 heavy (non-hydrogen) atoms. The smallest absolute Gasteiger partial charge is 0.303 e. The van der Waals surface area contributed by atoms with Gasteiger partial charge in [-0.25, -0.2) is 4.39 Å². The van der Waals surface area contributed by atoms with Gasteiger partial charge in [-0.3, -0.25) is 9.59 Å². The van der Waals surface area contributed by atoms with Crippen molar-refractivity contribution in [3.63, 3.8) is 0 Å². The Hall–Kier alpha value is -2.11. The number of rotatable bonds is 6. The van der Waals surface area contributed by atoms with E-state index in [2.05, 4.69) is 0 Å². The molecule has 3 rings (SSSR count). The summed E-state index contributed by atoms with van der Waals surface area (Å²) in [6, 6.07) is 4.97. The van der Waals surface area contributed by atoms with Gasteiger partial charge in [-0.2, -0.15) is 0 Å². The van der Waals surface area contributed by atoms with Crippen LogP contribution in [0.25, 0.3) is 0 Å². The molecule has 0 bridgehead atoms. The Kier molecular flexibility index (Phi) is 4.97. The Morgan fingerprint density at radius 2 is 2.12 bits per heavy atom. The highest BCUT2D eigenvalue weighted by Gasteiger charge is 2.46. The van der Waals surface area contributed by atoms with E-state index >= 15 is 0 Å². The van der Waals surface area contributed by atoms with Crippen LogP contribution in [0.1, 0.15) is 50.0 Å². The number of likely N-dealkylation sites (tertiary alicyclic amines) is 1. The molecule has 0 spiro atoms. The molecular weight excluding hydrogens is 325 g/mol. The van der Waals surface area contributed by atoms with Crippen LogP contribution in [0.2, 0.25) is 0 Å². The van der Waals surface area contributed by atoms with E-state index < -0.39 is 5.97 Å². The first-order valence-corrected chi connectivity index (χ1v) is 8.75. The van der Waals surface area contributed by atoms with Gasteiger partial charge in [0, 0.05) is 25.4 Å². The fourth-order valence-corrected chi connectivity index (χ4v) is 3.76. The van der Waals surface area contributed by atoms with Crippen molar-refractivity contribution in [2.75, 3.05) is 20.2 Å². The van der Waals surface area contributed by atoms with E-state index in [0.29, 0.717) is 19.5 Å². The summed E-state index contributed by atoms with van der Waals surface area (Å²) in [7, 11) is 1.43. The molecule has 2 fully saturated rings. The van der Waals surface area contributed by atoms with E-state index in [1.807, 2.05) is 11.0 Å². The van der Waals surface area contributed by atoms with Gasteiger partial charge in [-0.05, 0) is 48.8 Å². The molecule has 5 nitrogen and oxygen atoms in total. The van der Waals surface area contributed by atoms with Crippen LogP contribution in [0.3, 0.4) is 0 Å². The van der Waals surface area contributed by atoms with Crippen LogP contribution in [0.15, 0.2) is 18.2 Å². The van der Waals surface area contributed by atoms with Crippen LogP contribution in [0.4, 0.5) is 4.39 Å². The Balaban J connectivity index is 1.64. The average molecular weight is 349 g/mol. The number of amides is 1. The van der Waals surface area contributed by atoms with Crippen molar-refractivity contribution in [2.45, 2.75) is 44.4 Å². The highest BCUT2D eigenvalue weighted by atomic mass is 19.1. The molecular formula is C19H24FNO4. The zero-order valence-corrected chi connectivity index (χ0v) is 14.5. The summed E-state index contributed by atoms with van der Waals surface area (Å²) in [6.07, 6.45) is 3.78. The minimum atomic E-state index is -0.837. The predicted octanol–water partition coefficient (Wildman–Crippen LogP) is 3.19. The molecule has 1 aromatic rings. The number of nitrogens with zero attached hydrogens (tertiary/aromatic N) is 1. The highest BCUT2D eigenvalue weighted by molar-refractivity contribution is 5.79. The number of methoxy groups -OCH3 is 1. The van der Waals surface area contributed by atoms with Crippen molar-refractivity contribution < 1.29 is 23.8 Å². The Morgan fingerprint density at radius 1 is 1.36 bits per heavy atom. The van der Waals surface area contributed by atoms with Gasteiger partial charge in [0.1, 0.15) is 0 Å². The number of hydrogen-bond acceptors (Lipinski definition) is 3. The quantitative estimate of drug-likeness (QED) is 0.856. The van der Waals surface area contributed by atoms with E-state index in [4.69, 9.17) is 9.84 Å². The second-order valence-electron chi connectivity index (χ2n) is 7.32. The number of hydrogen-bond donors (Lipinski definition) is 1. The van der Waals surface area contributed by atoms with Crippen LogP contribution in [0, 0.1) is 11.2 Å². The van der Waals surface area contributed by atoms with Crippen molar-refractivity contribution >= 4 is 11.9 Å². The van der Waals surface area contributed by atoms with E-state index in [9.17, 15) is 14.0 Å². The normalized spacial score (nSPS) is 21.7. The largest absolute Gasteiger partial charge is 0.494 e. The molecule has 1 unspecified atom stereocenters. The molecule has 0 radical (unpaired) electrons. The molecule has 1 saturated carbocycles. The molecule has 1 aliphatic heterocycles. The molecule has 1 amide bonds. The first-order chi connectivity index (χ1) is 11.9. The topological polar surface area (TPSA) is 66.8 Å². The summed E-state index contributed by atoms with van der Waals surface area (Å²) in [5.41, 5.74) is 0.546. The Morgan fingerprint density at radius 3 is 2.72 bits per heavy atom. The van der Waals surface area contributed by atoms with Crippen molar-refractivity contribution in [1.82, 2.24) is 4.90 Å². The van der Waals surface area contributed by atoms with Crippen LogP contribution in [-0.4, -0.2) is 42.1 Å². The molecule has 1 aliphatic carbocycles. The van der Waals surface area contributed by atoms with Gasteiger partial charge in [-0.15, -0.1) is 0 Å². The molecule has 1 N–H and O–H groups in total. The lowest BCUT2D eigenvalue weighted by Crippen LogP contribution is -2.40. The number of carbonyl (C=O) groups is 2. The van der Waals surface area contributed by atoms with Gasteiger partial charge in [0.15, 0.2) is 11.6 Å². The molecule has 1 saturated heterocycles. The molecule has 136 valence electrons. The molecule has 6 heteroatoms. The monoisotopic (exact) mass is 349 g/mol. The second-order valence-corrected chi connectivity index (χ2v) is 7.32. The van der Waals surface area contributed by atoms with E-state index in [1.165, 1.54) is 13.2 Å². The third-order valence-corrected chi connectivity index (χ3v) is 5.43. The standard InChI is InChI=1S/C19H24FNO4/c1-25-16-5-4-13(9-15(16)20)14-3-2-8-21(12-14)17(22)10-19(6-7-19)11-18(23)24/h4-5,9,14H,2-3,6-8,10-12H2,1H3,(H,23,24). The fourth-order valence-electron chi connectivity index (χ4n) is 3.76. The van der Waals surface area contributed by atoms with Gasteiger partial charge in [-0.1, -0.05) is 6.07 Å². The van der Waals surface area contributed by atoms with E-state index in [-0.39, 0.29) is 35.2 Å². The van der Waals surface area contributed by atoms with Gasteiger partial charge < -0.3 is 14.7 Å². The molecule has 0 aromatic heterocycles. The number of halogens is 1. The summed E-state index contributed by atoms with van der Waals surface area (Å²) in [5.74, 6) is -0.876. The van der Waals surface area contributed by atoms with Crippen LogP contribution in [0.5, 0.6) is 5.75 Å². The third kappa shape index (κ3) is 4.11. The summed E-state index contributed by atoms with van der Waals surface area (Å²) in [5, 5.41) is 9.00. The lowest BCUT2D eigenvalue weighted by molar-refractivity contribution is -0.139. The maximum Gasteiger partial charge on any atom is 0.303 e. The number of carbonyl (C=O) groups excluding carboxylic acids is 1. The predicted molar refractivity (Wildman–Crippen MR) is 90.0 cm³/mol. The Bertz CT molecular complexity index is 671. The van der Waals surface area contributed by atoms with E-state index in [0.717, 1.165) is 31.2 Å². The van der Waals surface area contributed by atoms with Gasteiger partial charge in [0.2, 0.25) is 5.91 Å². The first-order valence-electron chi connectivity index (χ1n) is 8.75.